The lowest BCUT2D eigenvalue weighted by molar-refractivity contribution is -0.0435. The molecule has 3 rings (SSSR count). The summed E-state index contributed by atoms with van der Waals surface area (Å²) < 4.78 is 11.2. The van der Waals surface area contributed by atoms with E-state index in [1.54, 1.807) is 7.11 Å². The topological polar surface area (TPSA) is 21.7 Å². The molecular weight excluding hydrogens is 282 g/mol. The molecular formula is C17H25NO2S. The van der Waals surface area contributed by atoms with Crippen LogP contribution in [0.15, 0.2) is 24.3 Å². The molecule has 0 N–H and O–H groups in total. The molecule has 21 heavy (non-hydrogen) atoms. The third-order valence-corrected chi connectivity index (χ3v) is 5.55. The first-order valence-electron chi connectivity index (χ1n) is 7.91. The molecule has 2 aliphatic heterocycles. The van der Waals surface area contributed by atoms with Crippen molar-refractivity contribution in [1.29, 1.82) is 0 Å². The van der Waals surface area contributed by atoms with Crippen LogP contribution in [-0.2, 0) is 11.2 Å². The number of ether oxygens (including phenoxy) is 2. The van der Waals surface area contributed by atoms with Crippen molar-refractivity contribution < 1.29 is 9.47 Å². The number of methoxy groups -OCH3 is 1. The van der Waals surface area contributed by atoms with Crippen LogP contribution in [-0.4, -0.2) is 55.4 Å². The summed E-state index contributed by atoms with van der Waals surface area (Å²) in [4.78, 5) is 2.66. The SMILES string of the molecule is COc1ccc(C[C@H]2CN(C3CCSCC3)CCO2)cc1. The van der Waals surface area contributed by atoms with Crippen LogP contribution >= 0.6 is 11.8 Å². The van der Waals surface area contributed by atoms with E-state index >= 15 is 0 Å². The molecule has 0 saturated carbocycles. The molecule has 2 heterocycles. The third-order valence-electron chi connectivity index (χ3n) is 4.50. The maximum atomic E-state index is 5.98. The molecule has 0 amide bonds. The largest absolute Gasteiger partial charge is 0.497 e. The number of morpholine rings is 1. The zero-order valence-electron chi connectivity index (χ0n) is 12.8. The van der Waals surface area contributed by atoms with Gasteiger partial charge in [-0.15, -0.1) is 0 Å². The highest BCUT2D eigenvalue weighted by atomic mass is 32.2. The summed E-state index contributed by atoms with van der Waals surface area (Å²) in [6, 6.07) is 9.16. The van der Waals surface area contributed by atoms with Gasteiger partial charge in [-0.1, -0.05) is 12.1 Å². The van der Waals surface area contributed by atoms with E-state index in [1.807, 2.05) is 12.1 Å². The quantitative estimate of drug-likeness (QED) is 0.852. The zero-order chi connectivity index (χ0) is 14.5. The van der Waals surface area contributed by atoms with E-state index < -0.39 is 0 Å². The molecule has 0 aliphatic carbocycles. The first-order chi connectivity index (χ1) is 10.3. The van der Waals surface area contributed by atoms with Gasteiger partial charge >= 0.3 is 0 Å². The van der Waals surface area contributed by atoms with Crippen LogP contribution in [0.2, 0.25) is 0 Å². The van der Waals surface area contributed by atoms with Crippen LogP contribution in [0, 0.1) is 0 Å². The molecule has 0 radical (unpaired) electrons. The van der Waals surface area contributed by atoms with Gasteiger partial charge in [0.25, 0.3) is 0 Å². The maximum Gasteiger partial charge on any atom is 0.118 e. The molecule has 3 nitrogen and oxygen atoms in total. The van der Waals surface area contributed by atoms with Gasteiger partial charge in [0.15, 0.2) is 0 Å². The van der Waals surface area contributed by atoms with Crippen LogP contribution in [0.1, 0.15) is 18.4 Å². The summed E-state index contributed by atoms with van der Waals surface area (Å²) in [6.45, 7) is 3.07. The fraction of sp³-hybridized carbons (Fsp3) is 0.647. The Balaban J connectivity index is 1.55. The Morgan fingerprint density at radius 3 is 2.71 bits per heavy atom. The predicted molar refractivity (Wildman–Crippen MR) is 88.4 cm³/mol. The smallest absolute Gasteiger partial charge is 0.118 e. The van der Waals surface area contributed by atoms with E-state index in [-0.39, 0.29) is 0 Å². The average Bonchev–Trinajstić information content (AvgIpc) is 2.57. The second-order valence-corrected chi connectivity index (χ2v) is 7.11. The van der Waals surface area contributed by atoms with Crippen molar-refractivity contribution in [2.75, 3.05) is 38.3 Å². The van der Waals surface area contributed by atoms with E-state index in [0.717, 1.165) is 37.9 Å². The number of hydrogen-bond donors (Lipinski definition) is 0. The van der Waals surface area contributed by atoms with Crippen molar-refractivity contribution in [2.45, 2.75) is 31.4 Å². The van der Waals surface area contributed by atoms with E-state index in [4.69, 9.17) is 9.47 Å². The molecule has 116 valence electrons. The normalized spacial score (nSPS) is 24.9. The minimum absolute atomic E-state index is 0.335. The third kappa shape index (κ3) is 4.15. The van der Waals surface area contributed by atoms with Crippen molar-refractivity contribution in [1.82, 2.24) is 4.90 Å². The standard InChI is InChI=1S/C17H25NO2S/c1-19-16-4-2-14(3-5-16)12-17-13-18(8-9-20-17)15-6-10-21-11-7-15/h2-5,15,17H,6-13H2,1H3/t17-/m0/s1. The number of benzene rings is 1. The van der Waals surface area contributed by atoms with Gasteiger partial charge in [0.2, 0.25) is 0 Å². The molecule has 0 bridgehead atoms. The van der Waals surface area contributed by atoms with Crippen LogP contribution in [0.5, 0.6) is 5.75 Å². The molecule has 2 saturated heterocycles. The van der Waals surface area contributed by atoms with Crippen LogP contribution < -0.4 is 4.74 Å². The Bertz CT molecular complexity index is 431. The summed E-state index contributed by atoms with van der Waals surface area (Å²) >= 11 is 2.10. The van der Waals surface area contributed by atoms with Crippen molar-refractivity contribution >= 4 is 11.8 Å². The number of hydrogen-bond acceptors (Lipinski definition) is 4. The summed E-state index contributed by atoms with van der Waals surface area (Å²) in [6.07, 6.45) is 4.03. The second-order valence-electron chi connectivity index (χ2n) is 5.88. The summed E-state index contributed by atoms with van der Waals surface area (Å²) in [5.41, 5.74) is 1.34. The number of rotatable bonds is 4. The maximum absolute atomic E-state index is 5.98. The van der Waals surface area contributed by atoms with Crippen molar-refractivity contribution in [3.63, 3.8) is 0 Å². The second kappa shape index (κ2) is 7.52. The molecule has 0 spiro atoms. The first kappa shape index (κ1) is 15.2. The minimum atomic E-state index is 0.335. The van der Waals surface area contributed by atoms with Gasteiger partial charge in [0.05, 0.1) is 19.8 Å². The van der Waals surface area contributed by atoms with E-state index in [0.29, 0.717) is 6.10 Å². The lowest BCUT2D eigenvalue weighted by Crippen LogP contribution is -2.49. The van der Waals surface area contributed by atoms with Gasteiger partial charge in [-0.05, 0) is 48.5 Å². The zero-order valence-corrected chi connectivity index (χ0v) is 13.6. The van der Waals surface area contributed by atoms with Gasteiger partial charge in [-0.25, -0.2) is 0 Å². The Morgan fingerprint density at radius 2 is 2.00 bits per heavy atom. The average molecular weight is 307 g/mol. The Labute approximate surface area is 132 Å². The van der Waals surface area contributed by atoms with Gasteiger partial charge in [-0.3, -0.25) is 4.90 Å². The summed E-state index contributed by atoms with van der Waals surface area (Å²) in [7, 11) is 1.71. The Hall–Kier alpha value is -0.710. The van der Waals surface area contributed by atoms with Crippen molar-refractivity contribution in [2.24, 2.45) is 0 Å². The van der Waals surface area contributed by atoms with Crippen molar-refractivity contribution in [3.8, 4) is 5.75 Å². The van der Waals surface area contributed by atoms with E-state index in [2.05, 4.69) is 28.8 Å². The van der Waals surface area contributed by atoms with Gasteiger partial charge in [0, 0.05) is 19.1 Å². The Kier molecular flexibility index (Phi) is 5.44. The molecule has 0 unspecified atom stereocenters. The molecule has 1 atom stereocenters. The molecule has 2 fully saturated rings. The van der Waals surface area contributed by atoms with E-state index in [1.165, 1.54) is 29.9 Å². The van der Waals surface area contributed by atoms with Gasteiger partial charge in [-0.2, -0.15) is 11.8 Å². The fourth-order valence-corrected chi connectivity index (χ4v) is 4.35. The van der Waals surface area contributed by atoms with Gasteiger partial charge < -0.3 is 9.47 Å². The predicted octanol–water partition coefficient (Wildman–Crippen LogP) is 2.83. The van der Waals surface area contributed by atoms with Gasteiger partial charge in [0.1, 0.15) is 5.75 Å². The van der Waals surface area contributed by atoms with Crippen LogP contribution in [0.3, 0.4) is 0 Å². The van der Waals surface area contributed by atoms with Crippen LogP contribution in [0.25, 0.3) is 0 Å². The highest BCUT2D eigenvalue weighted by Gasteiger charge is 2.27. The van der Waals surface area contributed by atoms with Crippen LogP contribution in [0.4, 0.5) is 0 Å². The van der Waals surface area contributed by atoms with Crippen molar-refractivity contribution in [3.05, 3.63) is 29.8 Å². The number of thioether (sulfide) groups is 1. The molecule has 0 aromatic heterocycles. The minimum Gasteiger partial charge on any atom is -0.497 e. The molecule has 1 aromatic carbocycles. The molecule has 2 aliphatic rings. The summed E-state index contributed by atoms with van der Waals surface area (Å²) in [5, 5.41) is 0. The first-order valence-corrected chi connectivity index (χ1v) is 9.07. The summed E-state index contributed by atoms with van der Waals surface area (Å²) in [5.74, 6) is 3.57. The molecule has 4 heteroatoms. The van der Waals surface area contributed by atoms with E-state index in [9.17, 15) is 0 Å². The highest BCUT2D eigenvalue weighted by molar-refractivity contribution is 7.99. The fourth-order valence-electron chi connectivity index (χ4n) is 3.27. The molecule has 1 aromatic rings. The lowest BCUT2D eigenvalue weighted by Gasteiger charge is -2.39. The lowest BCUT2D eigenvalue weighted by atomic mass is 10.0. The highest BCUT2D eigenvalue weighted by Crippen LogP contribution is 2.24. The number of nitrogens with zero attached hydrogens (tertiary/aromatic N) is 1. The monoisotopic (exact) mass is 307 g/mol. The Morgan fingerprint density at radius 1 is 1.24 bits per heavy atom.